The third-order valence-corrected chi connectivity index (χ3v) is 12.8. The van der Waals surface area contributed by atoms with Crippen molar-refractivity contribution in [2.75, 3.05) is 14.7 Å². The summed E-state index contributed by atoms with van der Waals surface area (Å²) >= 11 is 1.91. The lowest BCUT2D eigenvalue weighted by Gasteiger charge is -2.47. The maximum atomic E-state index is 2.56. The molecule has 0 fully saturated rings. The van der Waals surface area contributed by atoms with Gasteiger partial charge in [0.1, 0.15) is 0 Å². The number of para-hydroxylation sites is 5. The summed E-state index contributed by atoms with van der Waals surface area (Å²) in [7, 11) is 0. The van der Waals surface area contributed by atoms with Crippen molar-refractivity contribution in [3.05, 3.63) is 187 Å². The quantitative estimate of drug-likeness (QED) is 0.169. The first-order chi connectivity index (χ1) is 26.8. The van der Waals surface area contributed by atoms with E-state index in [1.165, 1.54) is 87.9 Å². The van der Waals surface area contributed by atoms with E-state index in [2.05, 4.69) is 197 Å². The Balaban J connectivity index is 1.25. The molecule has 3 aliphatic heterocycles. The molecule has 4 aliphatic rings. The van der Waals surface area contributed by atoms with E-state index in [-0.39, 0.29) is 6.71 Å². The predicted octanol–water partition coefficient (Wildman–Crippen LogP) is 11.4. The molecule has 54 heavy (non-hydrogen) atoms. The second-order valence-electron chi connectivity index (χ2n) is 14.4. The molecular weight excluding hydrogens is 673 g/mol. The fourth-order valence-electron chi connectivity index (χ4n) is 9.44. The third-order valence-electron chi connectivity index (χ3n) is 11.6. The Labute approximate surface area is 319 Å². The van der Waals surface area contributed by atoms with Crippen LogP contribution in [0.5, 0.6) is 0 Å². The van der Waals surface area contributed by atoms with E-state index in [1.54, 1.807) is 0 Å². The summed E-state index contributed by atoms with van der Waals surface area (Å²) in [5.41, 5.74) is 17.5. The minimum absolute atomic E-state index is 0.0613. The van der Waals surface area contributed by atoms with Gasteiger partial charge in [-0.2, -0.15) is 0 Å². The molecule has 5 heteroatoms. The maximum absolute atomic E-state index is 2.56. The molecule has 0 N–H and O–H groups in total. The molecular formula is C49H32BN3S. The molecule has 0 atom stereocenters. The zero-order valence-electron chi connectivity index (χ0n) is 29.4. The number of hydrogen-bond donors (Lipinski definition) is 0. The minimum atomic E-state index is 0.0613. The Morgan fingerprint density at radius 1 is 0.481 bits per heavy atom. The molecule has 0 radical (unpaired) electrons. The van der Waals surface area contributed by atoms with E-state index >= 15 is 0 Å². The topological polar surface area (TPSA) is 9.72 Å². The van der Waals surface area contributed by atoms with Gasteiger partial charge in [0.15, 0.2) is 0 Å². The number of allylic oxidation sites excluding steroid dienone is 1. The monoisotopic (exact) mass is 705 g/mol. The molecule has 0 aromatic heterocycles. The molecule has 0 saturated heterocycles. The van der Waals surface area contributed by atoms with Crippen LogP contribution in [0.15, 0.2) is 186 Å². The number of fused-ring (bicyclic) bond motifs is 7. The molecule has 12 rings (SSSR count). The number of benzene rings is 8. The van der Waals surface area contributed by atoms with Crippen molar-refractivity contribution in [1.82, 2.24) is 0 Å². The van der Waals surface area contributed by atoms with Crippen LogP contribution in [0.1, 0.15) is 11.1 Å². The Kier molecular flexibility index (Phi) is 6.43. The van der Waals surface area contributed by atoms with Crippen molar-refractivity contribution in [3.63, 3.8) is 0 Å². The summed E-state index contributed by atoms with van der Waals surface area (Å²) in [6.45, 7) is 0.0613. The Morgan fingerprint density at radius 3 is 1.89 bits per heavy atom. The van der Waals surface area contributed by atoms with Gasteiger partial charge in [-0.05, 0) is 100.0 Å². The van der Waals surface area contributed by atoms with Crippen LogP contribution < -0.4 is 31.1 Å². The highest BCUT2D eigenvalue weighted by Crippen LogP contribution is 2.59. The number of nitrogens with zero attached hydrogens (tertiary/aromatic N) is 3. The molecule has 0 bridgehead atoms. The Bertz CT molecular complexity index is 2860. The Morgan fingerprint density at radius 2 is 1.13 bits per heavy atom. The zero-order valence-corrected chi connectivity index (χ0v) is 30.2. The summed E-state index contributed by atoms with van der Waals surface area (Å²) < 4.78 is 0. The van der Waals surface area contributed by atoms with Crippen LogP contribution in [0, 0.1) is 0 Å². The molecule has 8 aromatic carbocycles. The molecule has 3 heterocycles. The number of rotatable bonds is 3. The van der Waals surface area contributed by atoms with Gasteiger partial charge in [-0.1, -0.05) is 133 Å². The number of hydrogen-bond acceptors (Lipinski definition) is 4. The van der Waals surface area contributed by atoms with E-state index in [0.717, 1.165) is 17.8 Å². The summed E-state index contributed by atoms with van der Waals surface area (Å²) in [6.07, 6.45) is 5.53. The van der Waals surface area contributed by atoms with Gasteiger partial charge in [-0.3, -0.25) is 0 Å². The first-order valence-electron chi connectivity index (χ1n) is 18.7. The van der Waals surface area contributed by atoms with E-state index in [4.69, 9.17) is 0 Å². The Hall–Kier alpha value is -6.43. The molecule has 3 nitrogen and oxygen atoms in total. The van der Waals surface area contributed by atoms with Gasteiger partial charge >= 0.3 is 0 Å². The standard InChI is InChI=1S/C49H32BN3S/c1-3-18-34(19-4-1)51-40-25-9-7-23-37(40)50-38-24-8-10-26-41(38)52(35-20-5-2-6-21-35)48-47(50)43(51)31-44-49(48)54-45-28-12-11-27-42(45)53(44)39-30-29-33-16-13-15-32-17-14-22-36(39)46(32)33/h1-14,16-31H,15H2. The van der Waals surface area contributed by atoms with Crippen molar-refractivity contribution in [3.8, 4) is 0 Å². The van der Waals surface area contributed by atoms with Crippen molar-refractivity contribution in [2.45, 2.75) is 16.2 Å². The predicted molar refractivity (Wildman–Crippen MR) is 230 cm³/mol. The highest BCUT2D eigenvalue weighted by Gasteiger charge is 2.46. The van der Waals surface area contributed by atoms with Gasteiger partial charge in [-0.25, -0.2) is 0 Å². The third kappa shape index (κ3) is 4.16. The molecule has 0 unspecified atom stereocenters. The lowest BCUT2D eigenvalue weighted by molar-refractivity contribution is 1.14. The van der Waals surface area contributed by atoms with E-state index in [1.807, 2.05) is 11.8 Å². The lowest BCUT2D eigenvalue weighted by Crippen LogP contribution is -2.61. The minimum Gasteiger partial charge on any atom is -0.311 e. The zero-order chi connectivity index (χ0) is 35.3. The van der Waals surface area contributed by atoms with Crippen LogP contribution in [-0.4, -0.2) is 6.71 Å². The highest BCUT2D eigenvalue weighted by molar-refractivity contribution is 8.00. The highest BCUT2D eigenvalue weighted by atomic mass is 32.2. The van der Waals surface area contributed by atoms with Gasteiger partial charge in [0.25, 0.3) is 6.71 Å². The number of anilines is 9. The van der Waals surface area contributed by atoms with Crippen LogP contribution in [0.25, 0.3) is 16.8 Å². The van der Waals surface area contributed by atoms with Gasteiger partial charge in [-0.15, -0.1) is 0 Å². The van der Waals surface area contributed by atoms with Crippen LogP contribution in [0.4, 0.5) is 51.2 Å². The van der Waals surface area contributed by atoms with Crippen molar-refractivity contribution in [1.29, 1.82) is 0 Å². The van der Waals surface area contributed by atoms with Crippen LogP contribution in [-0.2, 0) is 6.42 Å². The largest absolute Gasteiger partial charge is 0.311 e. The van der Waals surface area contributed by atoms with Gasteiger partial charge in [0.2, 0.25) is 0 Å². The van der Waals surface area contributed by atoms with E-state index in [9.17, 15) is 0 Å². The summed E-state index contributed by atoms with van der Waals surface area (Å²) in [5, 5.41) is 2.63. The smallest absolute Gasteiger partial charge is 0.252 e. The normalized spacial score (nSPS) is 14.3. The second kappa shape index (κ2) is 11.5. The first kappa shape index (κ1) is 30.1. The van der Waals surface area contributed by atoms with Crippen LogP contribution >= 0.6 is 11.8 Å². The van der Waals surface area contributed by atoms with Gasteiger partial charge in [0.05, 0.1) is 27.6 Å². The summed E-state index contributed by atoms with van der Waals surface area (Å²) in [6, 6.07) is 62.9. The molecule has 0 spiro atoms. The fourth-order valence-corrected chi connectivity index (χ4v) is 10.6. The molecule has 252 valence electrons. The molecule has 0 saturated carbocycles. The van der Waals surface area contributed by atoms with Gasteiger partial charge in [0, 0.05) is 38.7 Å². The van der Waals surface area contributed by atoms with Crippen molar-refractivity contribution >= 4 is 103 Å². The van der Waals surface area contributed by atoms with E-state index < -0.39 is 0 Å². The average Bonchev–Trinajstić information content (AvgIpc) is 3.24. The van der Waals surface area contributed by atoms with Crippen LogP contribution in [0.3, 0.4) is 0 Å². The molecule has 8 aromatic rings. The second-order valence-corrected chi connectivity index (χ2v) is 15.5. The molecule has 0 amide bonds. The van der Waals surface area contributed by atoms with Crippen molar-refractivity contribution < 1.29 is 0 Å². The summed E-state index contributed by atoms with van der Waals surface area (Å²) in [4.78, 5) is 10.1. The molecule has 1 aliphatic carbocycles. The first-order valence-corrected chi connectivity index (χ1v) is 19.5. The lowest BCUT2D eigenvalue weighted by atomic mass is 9.33. The maximum Gasteiger partial charge on any atom is 0.252 e. The average molecular weight is 706 g/mol. The SMILES string of the molecule is C1=Cc2ccc(N3c4ccccc4Sc4c3cc3c5c4N(c4ccccc4)c4ccccc4B5c4ccccc4N3c3ccccc3)c3cccc(c23)C1. The van der Waals surface area contributed by atoms with Crippen LogP contribution in [0.2, 0.25) is 0 Å². The fraction of sp³-hybridized carbons (Fsp3) is 0.0204. The van der Waals surface area contributed by atoms with Crippen molar-refractivity contribution in [2.24, 2.45) is 0 Å². The van der Waals surface area contributed by atoms with E-state index in [0.29, 0.717) is 0 Å². The summed E-state index contributed by atoms with van der Waals surface area (Å²) in [5.74, 6) is 0. The van der Waals surface area contributed by atoms with Gasteiger partial charge < -0.3 is 14.7 Å².